The molecule has 2 aliphatic heterocycles. The van der Waals surface area contributed by atoms with E-state index in [1.54, 1.807) is 0 Å². The molecule has 2 heterocycles. The number of hydrogen-bond donors (Lipinski definition) is 0. The van der Waals surface area contributed by atoms with Crippen molar-refractivity contribution in [3.63, 3.8) is 0 Å². The van der Waals surface area contributed by atoms with Crippen molar-refractivity contribution in [1.82, 2.24) is 9.91 Å². The molecule has 2 rings (SSSR count). The van der Waals surface area contributed by atoms with Crippen LogP contribution in [0.5, 0.6) is 0 Å². The van der Waals surface area contributed by atoms with Crippen LogP contribution < -0.4 is 0 Å². The van der Waals surface area contributed by atoms with Crippen molar-refractivity contribution in [1.29, 1.82) is 0 Å². The van der Waals surface area contributed by atoms with Crippen molar-refractivity contribution in [2.45, 2.75) is 6.42 Å². The van der Waals surface area contributed by atoms with Gasteiger partial charge in [-0.1, -0.05) is 0 Å². The lowest BCUT2D eigenvalue weighted by Crippen LogP contribution is -2.68. The molecule has 0 aliphatic carbocycles. The fourth-order valence-corrected chi connectivity index (χ4v) is 2.85. The van der Waals surface area contributed by atoms with E-state index in [2.05, 4.69) is 23.9 Å². The van der Waals surface area contributed by atoms with Crippen LogP contribution in [0.3, 0.4) is 0 Å². The average Bonchev–Trinajstić information content (AvgIpc) is 2.31. The second-order valence-corrected chi connectivity index (χ2v) is 4.99. The highest BCUT2D eigenvalue weighted by atomic mass is 16.5. The van der Waals surface area contributed by atoms with E-state index in [-0.39, 0.29) is 0 Å². The molecule has 2 saturated heterocycles. The Morgan fingerprint density at radius 2 is 1.75 bits per heavy atom. The number of morpholine rings is 1. The van der Waals surface area contributed by atoms with Gasteiger partial charge in [0.2, 0.25) is 0 Å². The van der Waals surface area contributed by atoms with Crippen molar-refractivity contribution >= 4 is 0 Å². The third-order valence-electron chi connectivity index (χ3n) is 3.96. The fraction of sp³-hybridized carbons (Fsp3) is 0.917. The summed E-state index contributed by atoms with van der Waals surface area (Å²) in [6, 6.07) is 0. The number of quaternary nitrogens is 1. The lowest BCUT2D eigenvalue weighted by atomic mass is 10.3. The Bertz CT molecular complexity index is 203. The smallest absolute Gasteiger partial charge is 0.120 e. The molecule has 4 nitrogen and oxygen atoms in total. The molecule has 0 spiro atoms. The number of likely N-dealkylation sites (N-methyl/N-ethyl adjacent to an activating group) is 1. The molecule has 0 saturated carbocycles. The van der Waals surface area contributed by atoms with Gasteiger partial charge in [-0.15, -0.1) is 0 Å². The van der Waals surface area contributed by atoms with Crippen LogP contribution in [-0.2, 0) is 4.74 Å². The van der Waals surface area contributed by atoms with Crippen LogP contribution in [0, 0.1) is 6.92 Å². The van der Waals surface area contributed by atoms with E-state index in [1.807, 2.05) is 0 Å². The highest BCUT2D eigenvalue weighted by molar-refractivity contribution is 4.65. The zero-order valence-corrected chi connectivity index (χ0v) is 10.5. The van der Waals surface area contributed by atoms with Gasteiger partial charge < -0.3 is 9.64 Å². The van der Waals surface area contributed by atoms with E-state index < -0.39 is 0 Å². The summed E-state index contributed by atoms with van der Waals surface area (Å²) in [5.74, 6) is 0. The topological polar surface area (TPSA) is 15.7 Å². The maximum absolute atomic E-state index is 5.51. The fourth-order valence-electron chi connectivity index (χ4n) is 2.85. The molecule has 0 unspecified atom stereocenters. The van der Waals surface area contributed by atoms with Gasteiger partial charge in [0.25, 0.3) is 0 Å². The summed E-state index contributed by atoms with van der Waals surface area (Å²) in [6.07, 6.45) is 1.02. The molecule has 16 heavy (non-hydrogen) atoms. The molecule has 0 N–H and O–H groups in total. The predicted molar refractivity (Wildman–Crippen MR) is 64.7 cm³/mol. The monoisotopic (exact) mass is 227 g/mol. The highest BCUT2D eigenvalue weighted by Gasteiger charge is 2.37. The molecule has 0 aromatic rings. The van der Waals surface area contributed by atoms with Crippen LogP contribution >= 0.6 is 0 Å². The third kappa shape index (κ3) is 2.56. The highest BCUT2D eigenvalue weighted by Crippen LogP contribution is 2.19. The van der Waals surface area contributed by atoms with Gasteiger partial charge in [0, 0.05) is 13.1 Å². The number of ether oxygens (including phenoxy) is 1. The number of hydrogen-bond acceptors (Lipinski definition) is 3. The first-order chi connectivity index (χ1) is 7.77. The molecule has 0 atom stereocenters. The van der Waals surface area contributed by atoms with Gasteiger partial charge in [-0.2, -0.15) is 5.01 Å². The minimum atomic E-state index is 0.909. The van der Waals surface area contributed by atoms with Crippen molar-refractivity contribution < 1.29 is 9.33 Å². The Labute approximate surface area is 99.3 Å². The molecule has 4 heteroatoms. The van der Waals surface area contributed by atoms with Crippen LogP contribution in [-0.4, -0.2) is 80.6 Å². The zero-order valence-electron chi connectivity index (χ0n) is 10.5. The summed E-state index contributed by atoms with van der Waals surface area (Å²) < 4.78 is 6.63. The SMILES string of the molecule is [CH2]CC[N+]1(N2CCN(C)CC2)CCOCC1. The van der Waals surface area contributed by atoms with Crippen LogP contribution in [0.1, 0.15) is 6.42 Å². The molecule has 2 aliphatic rings. The van der Waals surface area contributed by atoms with E-state index in [4.69, 9.17) is 4.74 Å². The Balaban J connectivity index is 2.00. The van der Waals surface area contributed by atoms with Crippen LogP contribution in [0.2, 0.25) is 0 Å². The summed E-state index contributed by atoms with van der Waals surface area (Å²) in [6.45, 7) is 14.1. The van der Waals surface area contributed by atoms with E-state index >= 15 is 0 Å². The van der Waals surface area contributed by atoms with Crippen molar-refractivity contribution in [2.24, 2.45) is 0 Å². The Morgan fingerprint density at radius 1 is 1.12 bits per heavy atom. The molecule has 0 bridgehead atoms. The van der Waals surface area contributed by atoms with E-state index in [1.165, 1.54) is 32.7 Å². The van der Waals surface area contributed by atoms with E-state index in [0.29, 0.717) is 0 Å². The number of rotatable bonds is 3. The molecule has 2 fully saturated rings. The first-order valence-electron chi connectivity index (χ1n) is 6.44. The maximum Gasteiger partial charge on any atom is 0.120 e. The number of piperazine rings is 1. The van der Waals surface area contributed by atoms with Gasteiger partial charge in [0.15, 0.2) is 0 Å². The second-order valence-electron chi connectivity index (χ2n) is 4.99. The Hall–Kier alpha value is -0.160. The van der Waals surface area contributed by atoms with Gasteiger partial charge in [-0.25, -0.2) is 4.59 Å². The standard InChI is InChI=1S/C12H25N3O/c1-3-8-15(9-11-16-12-10-15)14-6-4-13(2)5-7-14/h1,3-12H2,2H3/q+1. The lowest BCUT2D eigenvalue weighted by molar-refractivity contribution is -1.04. The Kier molecular flexibility index (Phi) is 4.19. The van der Waals surface area contributed by atoms with Gasteiger partial charge in [-0.3, -0.25) is 0 Å². The minimum absolute atomic E-state index is 0.909. The van der Waals surface area contributed by atoms with Gasteiger partial charge >= 0.3 is 0 Å². The van der Waals surface area contributed by atoms with Crippen LogP contribution in [0.25, 0.3) is 0 Å². The predicted octanol–water partition coefficient (Wildman–Crippen LogP) is 0.220. The first-order valence-corrected chi connectivity index (χ1v) is 6.44. The van der Waals surface area contributed by atoms with E-state index in [9.17, 15) is 0 Å². The lowest BCUT2D eigenvalue weighted by Gasteiger charge is -2.50. The molecule has 1 radical (unpaired) electrons. The van der Waals surface area contributed by atoms with Crippen LogP contribution in [0.15, 0.2) is 0 Å². The largest absolute Gasteiger partial charge is 0.370 e. The molecular formula is C12H25N3O+. The average molecular weight is 227 g/mol. The zero-order chi connectivity index (χ0) is 11.4. The third-order valence-corrected chi connectivity index (χ3v) is 3.96. The van der Waals surface area contributed by atoms with Crippen molar-refractivity contribution in [3.8, 4) is 0 Å². The summed E-state index contributed by atoms with van der Waals surface area (Å²) in [4.78, 5) is 2.41. The quantitative estimate of drug-likeness (QED) is 0.642. The summed E-state index contributed by atoms with van der Waals surface area (Å²) in [7, 11) is 2.21. The molecular weight excluding hydrogens is 202 g/mol. The summed E-state index contributed by atoms with van der Waals surface area (Å²) in [5, 5.41) is 2.65. The van der Waals surface area contributed by atoms with Gasteiger partial charge in [0.05, 0.1) is 32.8 Å². The normalized spacial score (nSPS) is 28.1. The Morgan fingerprint density at radius 3 is 2.31 bits per heavy atom. The summed E-state index contributed by atoms with van der Waals surface area (Å²) >= 11 is 0. The van der Waals surface area contributed by atoms with Crippen LogP contribution in [0.4, 0.5) is 0 Å². The second kappa shape index (κ2) is 5.45. The molecule has 0 aromatic carbocycles. The van der Waals surface area contributed by atoms with E-state index in [0.717, 1.165) is 37.3 Å². The molecule has 0 amide bonds. The van der Waals surface area contributed by atoms with Gasteiger partial charge in [-0.05, 0) is 20.4 Å². The van der Waals surface area contributed by atoms with Crippen molar-refractivity contribution in [3.05, 3.63) is 6.92 Å². The maximum atomic E-state index is 5.51. The minimum Gasteiger partial charge on any atom is -0.370 e. The molecule has 0 aromatic heterocycles. The summed E-state index contributed by atoms with van der Waals surface area (Å²) in [5.41, 5.74) is 0. The number of nitrogens with zero attached hydrogens (tertiary/aromatic N) is 3. The van der Waals surface area contributed by atoms with Gasteiger partial charge in [0.1, 0.15) is 13.1 Å². The molecule has 93 valence electrons. The first kappa shape index (κ1) is 12.3. The van der Waals surface area contributed by atoms with Crippen molar-refractivity contribution in [2.75, 3.05) is 66.1 Å².